The highest BCUT2D eigenvalue weighted by Crippen LogP contribution is 2.26. The zero-order valence-corrected chi connectivity index (χ0v) is 8.87. The Morgan fingerprint density at radius 3 is 2.93 bits per heavy atom. The zero-order chi connectivity index (χ0) is 10.9. The van der Waals surface area contributed by atoms with Gasteiger partial charge in [0, 0.05) is 18.2 Å². The first-order valence-corrected chi connectivity index (χ1v) is 6.43. The highest BCUT2D eigenvalue weighted by atomic mass is 32.2. The lowest BCUT2D eigenvalue weighted by atomic mass is 10.1. The van der Waals surface area contributed by atoms with Gasteiger partial charge in [0.05, 0.1) is 11.5 Å². The number of nitrogen functional groups attached to an aromatic ring is 1. The largest absolute Gasteiger partial charge is 0.308 e. The van der Waals surface area contributed by atoms with Gasteiger partial charge in [-0.15, -0.1) is 0 Å². The van der Waals surface area contributed by atoms with Crippen molar-refractivity contribution in [3.8, 4) is 0 Å². The van der Waals surface area contributed by atoms with Crippen LogP contribution >= 0.6 is 0 Å². The summed E-state index contributed by atoms with van der Waals surface area (Å²) in [5, 5.41) is 0. The lowest BCUT2D eigenvalue weighted by Gasteiger charge is -2.06. The van der Waals surface area contributed by atoms with E-state index in [-0.39, 0.29) is 17.4 Å². The molecular weight excluding hydrogens is 216 g/mol. The van der Waals surface area contributed by atoms with Gasteiger partial charge in [-0.2, -0.15) is 0 Å². The topological polar surface area (TPSA) is 98.0 Å². The SMILES string of the molecule is NNc1ccnc(C2CCS(=O)(=O)C2)n1. The van der Waals surface area contributed by atoms with Gasteiger partial charge in [-0.1, -0.05) is 0 Å². The van der Waals surface area contributed by atoms with E-state index in [1.54, 1.807) is 12.3 Å². The Morgan fingerprint density at radius 1 is 1.53 bits per heavy atom. The van der Waals surface area contributed by atoms with Crippen molar-refractivity contribution in [2.75, 3.05) is 16.9 Å². The number of aromatic nitrogens is 2. The number of nitrogens with zero attached hydrogens (tertiary/aromatic N) is 2. The molecule has 0 bridgehead atoms. The first-order chi connectivity index (χ1) is 7.11. The molecule has 0 aliphatic carbocycles. The van der Waals surface area contributed by atoms with Crippen LogP contribution in [0.2, 0.25) is 0 Å². The van der Waals surface area contributed by atoms with Crippen LogP contribution < -0.4 is 11.3 Å². The molecule has 0 saturated carbocycles. The first-order valence-electron chi connectivity index (χ1n) is 4.61. The van der Waals surface area contributed by atoms with E-state index in [1.165, 1.54) is 0 Å². The molecule has 1 aliphatic rings. The second-order valence-electron chi connectivity index (χ2n) is 3.54. The molecule has 3 N–H and O–H groups in total. The summed E-state index contributed by atoms with van der Waals surface area (Å²) in [5.74, 6) is 6.53. The van der Waals surface area contributed by atoms with E-state index >= 15 is 0 Å². The molecule has 0 aromatic carbocycles. The number of anilines is 1. The molecule has 6 nitrogen and oxygen atoms in total. The molecule has 15 heavy (non-hydrogen) atoms. The summed E-state index contributed by atoms with van der Waals surface area (Å²) in [4.78, 5) is 8.19. The normalized spacial score (nSPS) is 23.9. The predicted molar refractivity (Wildman–Crippen MR) is 55.9 cm³/mol. The number of nitrogens with one attached hydrogen (secondary N) is 1. The molecule has 1 aliphatic heterocycles. The van der Waals surface area contributed by atoms with Crippen molar-refractivity contribution in [1.29, 1.82) is 0 Å². The van der Waals surface area contributed by atoms with E-state index in [4.69, 9.17) is 5.84 Å². The van der Waals surface area contributed by atoms with Gasteiger partial charge in [-0.05, 0) is 6.42 Å². The Labute approximate surface area is 87.8 Å². The van der Waals surface area contributed by atoms with Crippen molar-refractivity contribution in [2.45, 2.75) is 12.3 Å². The maximum Gasteiger partial charge on any atom is 0.151 e. The smallest absolute Gasteiger partial charge is 0.151 e. The minimum Gasteiger partial charge on any atom is -0.308 e. The van der Waals surface area contributed by atoms with Crippen molar-refractivity contribution in [1.82, 2.24) is 9.97 Å². The maximum absolute atomic E-state index is 11.3. The van der Waals surface area contributed by atoms with Crippen LogP contribution in [0, 0.1) is 0 Å². The lowest BCUT2D eigenvalue weighted by molar-refractivity contribution is 0.601. The fourth-order valence-corrected chi connectivity index (χ4v) is 3.39. The van der Waals surface area contributed by atoms with Crippen LogP contribution in [0.5, 0.6) is 0 Å². The standard InChI is InChI=1S/C8H12N4O2S/c9-12-7-1-3-10-8(11-7)6-2-4-15(13,14)5-6/h1,3,6H,2,4-5,9H2,(H,10,11,12). The Bertz CT molecular complexity index is 459. The number of hydrogen-bond donors (Lipinski definition) is 2. The molecule has 2 heterocycles. The Balaban J connectivity index is 2.24. The zero-order valence-electron chi connectivity index (χ0n) is 8.05. The van der Waals surface area contributed by atoms with Crippen LogP contribution in [-0.4, -0.2) is 29.9 Å². The molecule has 1 fully saturated rings. The molecule has 0 radical (unpaired) electrons. The van der Waals surface area contributed by atoms with E-state index in [2.05, 4.69) is 15.4 Å². The summed E-state index contributed by atoms with van der Waals surface area (Å²) < 4.78 is 22.5. The fraction of sp³-hybridized carbons (Fsp3) is 0.500. The van der Waals surface area contributed by atoms with Gasteiger partial charge in [0.15, 0.2) is 9.84 Å². The maximum atomic E-state index is 11.3. The van der Waals surface area contributed by atoms with Crippen LogP contribution in [0.25, 0.3) is 0 Å². The molecule has 1 aromatic rings. The van der Waals surface area contributed by atoms with Crippen molar-refractivity contribution in [3.05, 3.63) is 18.1 Å². The molecule has 0 amide bonds. The van der Waals surface area contributed by atoms with Gasteiger partial charge < -0.3 is 5.43 Å². The van der Waals surface area contributed by atoms with Crippen molar-refractivity contribution in [3.63, 3.8) is 0 Å². The van der Waals surface area contributed by atoms with Crippen LogP contribution in [0.4, 0.5) is 5.82 Å². The summed E-state index contributed by atoms with van der Waals surface area (Å²) >= 11 is 0. The minimum absolute atomic E-state index is 0.0942. The van der Waals surface area contributed by atoms with E-state index in [9.17, 15) is 8.42 Å². The highest BCUT2D eigenvalue weighted by Gasteiger charge is 2.30. The number of rotatable bonds is 2. The molecule has 1 saturated heterocycles. The minimum atomic E-state index is -2.89. The van der Waals surface area contributed by atoms with Gasteiger partial charge in [0.25, 0.3) is 0 Å². The molecule has 1 atom stereocenters. The fourth-order valence-electron chi connectivity index (χ4n) is 1.65. The molecule has 1 unspecified atom stereocenters. The third-order valence-electron chi connectivity index (χ3n) is 2.42. The van der Waals surface area contributed by atoms with Gasteiger partial charge in [-0.3, -0.25) is 0 Å². The van der Waals surface area contributed by atoms with Crippen LogP contribution in [-0.2, 0) is 9.84 Å². The third kappa shape index (κ3) is 2.24. The summed E-state index contributed by atoms with van der Waals surface area (Å²) in [6, 6.07) is 1.63. The van der Waals surface area contributed by atoms with E-state index in [0.29, 0.717) is 18.1 Å². The number of hydrogen-bond acceptors (Lipinski definition) is 6. The summed E-state index contributed by atoms with van der Waals surface area (Å²) in [7, 11) is -2.89. The van der Waals surface area contributed by atoms with Gasteiger partial charge in [0.1, 0.15) is 11.6 Å². The molecule has 82 valence electrons. The summed E-state index contributed by atoms with van der Waals surface area (Å²) in [5.41, 5.74) is 2.41. The third-order valence-corrected chi connectivity index (χ3v) is 4.19. The Kier molecular flexibility index (Phi) is 2.57. The molecule has 1 aromatic heterocycles. The molecular formula is C8H12N4O2S. The van der Waals surface area contributed by atoms with Crippen molar-refractivity contribution < 1.29 is 8.42 Å². The average Bonchev–Trinajstić information content (AvgIpc) is 2.59. The van der Waals surface area contributed by atoms with E-state index in [1.807, 2.05) is 0 Å². The van der Waals surface area contributed by atoms with Gasteiger partial charge in [-0.25, -0.2) is 24.2 Å². The second kappa shape index (κ2) is 3.74. The summed E-state index contributed by atoms with van der Waals surface area (Å²) in [6.45, 7) is 0. The number of nitrogens with two attached hydrogens (primary N) is 1. The quantitative estimate of drug-likeness (QED) is 0.531. The van der Waals surface area contributed by atoms with Gasteiger partial charge in [0.2, 0.25) is 0 Å². The number of sulfone groups is 1. The first kappa shape index (κ1) is 10.3. The van der Waals surface area contributed by atoms with Gasteiger partial charge >= 0.3 is 0 Å². The van der Waals surface area contributed by atoms with Crippen molar-refractivity contribution >= 4 is 15.7 Å². The van der Waals surface area contributed by atoms with Crippen LogP contribution in [0.3, 0.4) is 0 Å². The molecule has 7 heteroatoms. The Hall–Kier alpha value is -1.21. The van der Waals surface area contributed by atoms with E-state index in [0.717, 1.165) is 0 Å². The average molecular weight is 228 g/mol. The van der Waals surface area contributed by atoms with Crippen LogP contribution in [0.1, 0.15) is 18.2 Å². The second-order valence-corrected chi connectivity index (χ2v) is 5.77. The predicted octanol–water partition coefficient (Wildman–Crippen LogP) is -0.336. The van der Waals surface area contributed by atoms with Crippen LogP contribution in [0.15, 0.2) is 12.3 Å². The number of hydrazine groups is 1. The van der Waals surface area contributed by atoms with E-state index < -0.39 is 9.84 Å². The molecule has 0 spiro atoms. The Morgan fingerprint density at radius 2 is 2.33 bits per heavy atom. The lowest BCUT2D eigenvalue weighted by Crippen LogP contribution is -2.12. The molecule has 2 rings (SSSR count). The highest BCUT2D eigenvalue weighted by molar-refractivity contribution is 7.91. The van der Waals surface area contributed by atoms with Crippen molar-refractivity contribution in [2.24, 2.45) is 5.84 Å². The summed E-state index contributed by atoms with van der Waals surface area (Å²) in [6.07, 6.45) is 2.17. The monoisotopic (exact) mass is 228 g/mol.